The third-order valence-electron chi connectivity index (χ3n) is 2.90. The highest BCUT2D eigenvalue weighted by atomic mass is 32.2. The fraction of sp³-hybridized carbons (Fsp3) is 0.500. The Balaban J connectivity index is 2.54. The summed E-state index contributed by atoms with van der Waals surface area (Å²) >= 11 is 0. The first kappa shape index (κ1) is 16.8. The molecule has 112 valence electrons. The average molecular weight is 298 g/mol. The van der Waals surface area contributed by atoms with Crippen LogP contribution in [0, 0.1) is 0 Å². The highest BCUT2D eigenvalue weighted by Crippen LogP contribution is 2.11. The average Bonchev–Trinajstić information content (AvgIpc) is 2.38. The molecule has 0 atom stereocenters. The van der Waals surface area contributed by atoms with Crippen LogP contribution in [-0.2, 0) is 10.0 Å². The summed E-state index contributed by atoms with van der Waals surface area (Å²) in [6.45, 7) is 2.81. The maximum Gasteiger partial charge on any atom is 0.240 e. The Labute approximate surface area is 121 Å². The van der Waals surface area contributed by atoms with Crippen molar-refractivity contribution in [3.05, 3.63) is 29.8 Å². The molecule has 1 rings (SSSR count). The molecular weight excluding hydrogens is 276 g/mol. The van der Waals surface area contributed by atoms with Crippen LogP contribution in [0.5, 0.6) is 0 Å². The van der Waals surface area contributed by atoms with Gasteiger partial charge >= 0.3 is 0 Å². The summed E-state index contributed by atoms with van der Waals surface area (Å²) in [5.74, 6) is -0.0782. The summed E-state index contributed by atoms with van der Waals surface area (Å²) in [6, 6.07) is 5.98. The van der Waals surface area contributed by atoms with Crippen molar-refractivity contribution in [1.29, 1.82) is 0 Å². The first-order valence-corrected chi connectivity index (χ1v) is 8.06. The first-order chi connectivity index (χ1) is 9.33. The summed E-state index contributed by atoms with van der Waals surface area (Å²) < 4.78 is 26.6. The second-order valence-corrected chi connectivity index (χ2v) is 6.76. The largest absolute Gasteiger partial charge is 0.309 e. The van der Waals surface area contributed by atoms with Gasteiger partial charge in [-0.3, -0.25) is 4.79 Å². The molecule has 0 aromatic heterocycles. The maximum atomic E-state index is 12.0. The number of nitrogens with one attached hydrogen (secondary N) is 1. The van der Waals surface area contributed by atoms with E-state index in [1.54, 1.807) is 0 Å². The van der Waals surface area contributed by atoms with Crippen molar-refractivity contribution in [2.75, 3.05) is 27.2 Å². The number of benzene rings is 1. The molecule has 1 aromatic carbocycles. The molecule has 6 heteroatoms. The van der Waals surface area contributed by atoms with Crippen molar-refractivity contribution in [2.45, 2.75) is 24.7 Å². The zero-order chi connectivity index (χ0) is 15.2. The van der Waals surface area contributed by atoms with Crippen molar-refractivity contribution in [3.8, 4) is 0 Å². The van der Waals surface area contributed by atoms with Gasteiger partial charge in [0.05, 0.1) is 4.90 Å². The van der Waals surface area contributed by atoms with E-state index in [1.807, 2.05) is 14.1 Å². The van der Waals surface area contributed by atoms with E-state index < -0.39 is 10.0 Å². The minimum atomic E-state index is -3.48. The lowest BCUT2D eigenvalue weighted by atomic mass is 10.2. The molecule has 0 spiro atoms. The van der Waals surface area contributed by atoms with Gasteiger partial charge in [-0.25, -0.2) is 13.1 Å². The van der Waals surface area contributed by atoms with E-state index in [1.165, 1.54) is 31.2 Å². The Morgan fingerprint density at radius 2 is 1.75 bits per heavy atom. The van der Waals surface area contributed by atoms with Crippen LogP contribution in [0.2, 0.25) is 0 Å². The van der Waals surface area contributed by atoms with Crippen LogP contribution < -0.4 is 4.72 Å². The van der Waals surface area contributed by atoms with Gasteiger partial charge in [0.15, 0.2) is 5.78 Å². The zero-order valence-corrected chi connectivity index (χ0v) is 13.0. The van der Waals surface area contributed by atoms with E-state index in [4.69, 9.17) is 0 Å². The Kier molecular flexibility index (Phi) is 6.32. The summed E-state index contributed by atoms with van der Waals surface area (Å²) in [4.78, 5) is 13.4. The minimum absolute atomic E-state index is 0.0782. The molecule has 0 heterocycles. The highest BCUT2D eigenvalue weighted by Gasteiger charge is 2.13. The number of carbonyl (C=O) groups is 1. The van der Waals surface area contributed by atoms with Gasteiger partial charge in [0, 0.05) is 12.1 Å². The summed E-state index contributed by atoms with van der Waals surface area (Å²) in [7, 11) is 0.495. The molecule has 0 radical (unpaired) electrons. The van der Waals surface area contributed by atoms with Crippen molar-refractivity contribution in [3.63, 3.8) is 0 Å². The molecule has 0 bridgehead atoms. The second-order valence-electron chi connectivity index (χ2n) is 4.99. The predicted octanol–water partition coefficient (Wildman–Crippen LogP) is 1.51. The lowest BCUT2D eigenvalue weighted by Gasteiger charge is -2.10. The Morgan fingerprint density at radius 1 is 1.15 bits per heavy atom. The number of ketones is 1. The Hall–Kier alpha value is -1.24. The number of nitrogens with zero attached hydrogens (tertiary/aromatic N) is 1. The molecule has 0 aliphatic rings. The van der Waals surface area contributed by atoms with Crippen molar-refractivity contribution < 1.29 is 13.2 Å². The predicted molar refractivity (Wildman–Crippen MR) is 79.4 cm³/mol. The van der Waals surface area contributed by atoms with Crippen LogP contribution in [0.3, 0.4) is 0 Å². The van der Waals surface area contributed by atoms with Gasteiger partial charge in [-0.2, -0.15) is 0 Å². The van der Waals surface area contributed by atoms with Gasteiger partial charge in [-0.15, -0.1) is 0 Å². The quantitative estimate of drug-likeness (QED) is 0.583. The monoisotopic (exact) mass is 298 g/mol. The van der Waals surface area contributed by atoms with Gasteiger partial charge < -0.3 is 4.90 Å². The van der Waals surface area contributed by atoms with Crippen LogP contribution in [0.4, 0.5) is 0 Å². The van der Waals surface area contributed by atoms with Gasteiger partial charge in [0.1, 0.15) is 0 Å². The van der Waals surface area contributed by atoms with E-state index in [9.17, 15) is 13.2 Å². The van der Waals surface area contributed by atoms with Crippen LogP contribution in [0.15, 0.2) is 29.2 Å². The lowest BCUT2D eigenvalue weighted by molar-refractivity contribution is 0.101. The van der Waals surface area contributed by atoms with Crippen LogP contribution in [0.1, 0.15) is 30.1 Å². The molecule has 0 amide bonds. The van der Waals surface area contributed by atoms with Gasteiger partial charge in [0.2, 0.25) is 10.0 Å². The number of Topliss-reactive ketones (excluding diaryl/α,β-unsaturated/α-hetero) is 1. The molecule has 0 saturated carbocycles. The van der Waals surface area contributed by atoms with Crippen molar-refractivity contribution in [2.24, 2.45) is 0 Å². The number of rotatable bonds is 8. The number of carbonyl (C=O) groups excluding carboxylic acids is 1. The minimum Gasteiger partial charge on any atom is -0.309 e. The summed E-state index contributed by atoms with van der Waals surface area (Å²) in [5, 5.41) is 0. The van der Waals surface area contributed by atoms with E-state index in [0.29, 0.717) is 12.1 Å². The smallest absolute Gasteiger partial charge is 0.240 e. The van der Waals surface area contributed by atoms with Crippen molar-refractivity contribution >= 4 is 15.8 Å². The van der Waals surface area contributed by atoms with E-state index >= 15 is 0 Å². The number of unbranched alkanes of at least 4 members (excludes halogenated alkanes) is 1. The molecule has 0 unspecified atom stereocenters. The molecule has 0 aliphatic heterocycles. The number of sulfonamides is 1. The molecule has 1 N–H and O–H groups in total. The third kappa shape index (κ3) is 5.40. The third-order valence-corrected chi connectivity index (χ3v) is 4.37. The first-order valence-electron chi connectivity index (χ1n) is 6.58. The molecule has 1 aromatic rings. The van der Waals surface area contributed by atoms with Crippen LogP contribution in [0.25, 0.3) is 0 Å². The topological polar surface area (TPSA) is 66.5 Å². The number of hydrogen-bond acceptors (Lipinski definition) is 4. The van der Waals surface area contributed by atoms with E-state index in [-0.39, 0.29) is 10.7 Å². The Bertz CT molecular complexity index is 536. The van der Waals surface area contributed by atoms with Crippen LogP contribution in [-0.4, -0.2) is 46.3 Å². The molecule has 20 heavy (non-hydrogen) atoms. The highest BCUT2D eigenvalue weighted by molar-refractivity contribution is 7.89. The SMILES string of the molecule is CC(=O)c1ccc(S(=O)(=O)NCCCCN(C)C)cc1. The Morgan fingerprint density at radius 3 is 2.25 bits per heavy atom. The van der Waals surface area contributed by atoms with Gasteiger partial charge in [-0.05, 0) is 52.5 Å². The normalized spacial score (nSPS) is 11.8. The van der Waals surface area contributed by atoms with Gasteiger partial charge in [0.25, 0.3) is 0 Å². The molecule has 0 saturated heterocycles. The number of hydrogen-bond donors (Lipinski definition) is 1. The second kappa shape index (κ2) is 7.52. The fourth-order valence-corrected chi connectivity index (χ4v) is 2.79. The van der Waals surface area contributed by atoms with Crippen LogP contribution >= 0.6 is 0 Å². The van der Waals surface area contributed by atoms with Crippen molar-refractivity contribution in [1.82, 2.24) is 9.62 Å². The maximum absolute atomic E-state index is 12.0. The zero-order valence-electron chi connectivity index (χ0n) is 12.2. The lowest BCUT2D eigenvalue weighted by Crippen LogP contribution is -2.25. The molecule has 0 aliphatic carbocycles. The molecular formula is C14H22N2O3S. The van der Waals surface area contributed by atoms with Gasteiger partial charge in [-0.1, -0.05) is 12.1 Å². The van der Waals surface area contributed by atoms with E-state index in [2.05, 4.69) is 9.62 Å². The standard InChI is InChI=1S/C14H22N2O3S/c1-12(17)13-6-8-14(9-7-13)20(18,19)15-10-4-5-11-16(2)3/h6-9,15H,4-5,10-11H2,1-3H3. The molecule has 5 nitrogen and oxygen atoms in total. The summed E-state index contributed by atoms with van der Waals surface area (Å²) in [6.07, 6.45) is 1.74. The molecule has 0 fully saturated rings. The summed E-state index contributed by atoms with van der Waals surface area (Å²) in [5.41, 5.74) is 0.509. The fourth-order valence-electron chi connectivity index (χ4n) is 1.71. The van der Waals surface area contributed by atoms with E-state index in [0.717, 1.165) is 19.4 Å².